The Morgan fingerprint density at radius 1 is 0.897 bits per heavy atom. The molecule has 4 rings (SSSR count). The molecule has 1 aromatic carbocycles. The maximum atomic E-state index is 12.9. The monoisotopic (exact) mass is 398 g/mol. The van der Waals surface area contributed by atoms with Gasteiger partial charge >= 0.3 is 6.03 Å². The van der Waals surface area contributed by atoms with E-state index in [1.807, 2.05) is 0 Å². The predicted octanol–water partition coefficient (Wildman–Crippen LogP) is 1.71. The van der Waals surface area contributed by atoms with E-state index in [2.05, 4.69) is 5.32 Å². The van der Waals surface area contributed by atoms with Crippen molar-refractivity contribution >= 4 is 23.8 Å². The summed E-state index contributed by atoms with van der Waals surface area (Å²) in [6.07, 6.45) is 5.65. The molecule has 0 radical (unpaired) electrons. The van der Waals surface area contributed by atoms with E-state index in [4.69, 9.17) is 0 Å². The number of piperazine rings is 1. The summed E-state index contributed by atoms with van der Waals surface area (Å²) in [5, 5.41) is 3.12. The summed E-state index contributed by atoms with van der Waals surface area (Å²) in [7, 11) is 1.43. The highest BCUT2D eigenvalue weighted by Gasteiger charge is 2.34. The molecule has 0 aromatic heterocycles. The zero-order chi connectivity index (χ0) is 20.5. The van der Waals surface area contributed by atoms with Gasteiger partial charge in [-0.1, -0.05) is 19.3 Å². The highest BCUT2D eigenvalue weighted by molar-refractivity contribution is 6.21. The van der Waals surface area contributed by atoms with Gasteiger partial charge in [-0.2, -0.15) is 0 Å². The maximum absolute atomic E-state index is 12.9. The third-order valence-corrected chi connectivity index (χ3v) is 6.12. The fourth-order valence-corrected chi connectivity index (χ4v) is 4.30. The lowest BCUT2D eigenvalue weighted by Crippen LogP contribution is -2.54. The molecular formula is C21H26N4O4. The standard InChI is InChI=1S/C21H26N4O4/c1-23-19(27)16-8-7-14(13-17(16)20(23)28)18(26)24-9-11-25(12-10-24)21(29)22-15-5-3-2-4-6-15/h7-8,13,15H,2-6,9-12H2,1H3,(H,22,29). The highest BCUT2D eigenvalue weighted by Crippen LogP contribution is 2.23. The summed E-state index contributed by atoms with van der Waals surface area (Å²) >= 11 is 0. The number of urea groups is 1. The molecule has 5 amide bonds. The normalized spacial score (nSPS) is 20.1. The summed E-state index contributed by atoms with van der Waals surface area (Å²) < 4.78 is 0. The van der Waals surface area contributed by atoms with E-state index in [1.54, 1.807) is 21.9 Å². The largest absolute Gasteiger partial charge is 0.335 e. The van der Waals surface area contributed by atoms with Crippen LogP contribution in [-0.2, 0) is 0 Å². The molecule has 29 heavy (non-hydrogen) atoms. The molecule has 3 aliphatic rings. The lowest BCUT2D eigenvalue weighted by molar-refractivity contribution is 0.0661. The quantitative estimate of drug-likeness (QED) is 0.768. The molecule has 0 bridgehead atoms. The van der Waals surface area contributed by atoms with Crippen LogP contribution in [0.3, 0.4) is 0 Å². The summed E-state index contributed by atoms with van der Waals surface area (Å²) in [4.78, 5) is 54.0. The third kappa shape index (κ3) is 3.71. The number of rotatable bonds is 2. The molecule has 0 unspecified atom stereocenters. The van der Waals surface area contributed by atoms with Crippen molar-refractivity contribution < 1.29 is 19.2 Å². The average Bonchev–Trinajstić information content (AvgIpc) is 2.97. The van der Waals surface area contributed by atoms with Gasteiger partial charge < -0.3 is 15.1 Å². The molecule has 2 aliphatic heterocycles. The van der Waals surface area contributed by atoms with E-state index in [1.165, 1.54) is 19.5 Å². The van der Waals surface area contributed by atoms with Gasteiger partial charge in [-0.05, 0) is 31.0 Å². The molecule has 2 heterocycles. The van der Waals surface area contributed by atoms with Crippen LogP contribution in [0.1, 0.15) is 63.2 Å². The molecule has 1 N–H and O–H groups in total. The number of hydrogen-bond donors (Lipinski definition) is 1. The van der Waals surface area contributed by atoms with Crippen LogP contribution in [0.15, 0.2) is 18.2 Å². The first-order valence-corrected chi connectivity index (χ1v) is 10.3. The lowest BCUT2D eigenvalue weighted by atomic mass is 9.96. The number of nitrogens with zero attached hydrogens (tertiary/aromatic N) is 3. The second-order valence-corrected chi connectivity index (χ2v) is 7.99. The summed E-state index contributed by atoms with van der Waals surface area (Å²) in [5.74, 6) is -0.916. The van der Waals surface area contributed by atoms with Crippen molar-refractivity contribution in [2.24, 2.45) is 0 Å². The fraction of sp³-hybridized carbons (Fsp3) is 0.524. The Morgan fingerprint density at radius 2 is 1.52 bits per heavy atom. The van der Waals surface area contributed by atoms with Crippen molar-refractivity contribution in [2.45, 2.75) is 38.1 Å². The number of benzene rings is 1. The molecule has 1 saturated carbocycles. The van der Waals surface area contributed by atoms with E-state index < -0.39 is 0 Å². The second-order valence-electron chi connectivity index (χ2n) is 7.99. The van der Waals surface area contributed by atoms with E-state index >= 15 is 0 Å². The molecule has 154 valence electrons. The molecule has 2 fully saturated rings. The van der Waals surface area contributed by atoms with Gasteiger partial charge in [0.05, 0.1) is 11.1 Å². The Hall–Kier alpha value is -2.90. The Morgan fingerprint density at radius 3 is 2.21 bits per heavy atom. The third-order valence-electron chi connectivity index (χ3n) is 6.12. The van der Waals surface area contributed by atoms with E-state index in [0.29, 0.717) is 37.3 Å². The number of hydrogen-bond acceptors (Lipinski definition) is 4. The average molecular weight is 398 g/mol. The number of carbonyl (C=O) groups is 4. The minimum absolute atomic E-state index is 0.0475. The van der Waals surface area contributed by atoms with Gasteiger partial charge in [0.2, 0.25) is 0 Å². The van der Waals surface area contributed by atoms with Gasteiger partial charge in [0.15, 0.2) is 0 Å². The van der Waals surface area contributed by atoms with Crippen LogP contribution in [0.4, 0.5) is 4.79 Å². The van der Waals surface area contributed by atoms with Gasteiger partial charge in [-0.3, -0.25) is 19.3 Å². The Bertz CT molecular complexity index is 854. The SMILES string of the molecule is CN1C(=O)c2ccc(C(=O)N3CCN(C(=O)NC4CCCCC4)CC3)cc2C1=O. The van der Waals surface area contributed by atoms with Crippen LogP contribution in [-0.4, -0.2) is 77.7 Å². The second kappa shape index (κ2) is 7.85. The summed E-state index contributed by atoms with van der Waals surface area (Å²) in [6, 6.07) is 4.85. The van der Waals surface area contributed by atoms with E-state index in [9.17, 15) is 19.2 Å². The van der Waals surface area contributed by atoms with Crippen LogP contribution in [0.5, 0.6) is 0 Å². The van der Waals surface area contributed by atoms with Crippen LogP contribution in [0, 0.1) is 0 Å². The molecule has 8 heteroatoms. The van der Waals surface area contributed by atoms with Crippen molar-refractivity contribution in [3.05, 3.63) is 34.9 Å². The zero-order valence-electron chi connectivity index (χ0n) is 16.6. The van der Waals surface area contributed by atoms with Crippen LogP contribution >= 0.6 is 0 Å². The van der Waals surface area contributed by atoms with Gasteiger partial charge in [0, 0.05) is 44.8 Å². The first-order chi connectivity index (χ1) is 14.0. The van der Waals surface area contributed by atoms with Gasteiger partial charge in [-0.25, -0.2) is 4.79 Å². The van der Waals surface area contributed by atoms with Gasteiger partial charge in [0.25, 0.3) is 17.7 Å². The van der Waals surface area contributed by atoms with Gasteiger partial charge in [-0.15, -0.1) is 0 Å². The van der Waals surface area contributed by atoms with Crippen molar-refractivity contribution in [3.8, 4) is 0 Å². The first-order valence-electron chi connectivity index (χ1n) is 10.3. The van der Waals surface area contributed by atoms with E-state index in [0.717, 1.165) is 30.6 Å². The summed E-state index contributed by atoms with van der Waals surface area (Å²) in [6.45, 7) is 1.85. The fourth-order valence-electron chi connectivity index (χ4n) is 4.30. The number of amides is 5. The number of nitrogens with one attached hydrogen (secondary N) is 1. The van der Waals surface area contributed by atoms with Crippen molar-refractivity contribution in [1.82, 2.24) is 20.0 Å². The molecule has 1 saturated heterocycles. The Kier molecular flexibility index (Phi) is 5.25. The predicted molar refractivity (Wildman–Crippen MR) is 106 cm³/mol. The van der Waals surface area contributed by atoms with Crippen LogP contribution in [0.2, 0.25) is 0 Å². The molecular weight excluding hydrogens is 372 g/mol. The minimum atomic E-state index is -0.385. The summed E-state index contributed by atoms with van der Waals surface area (Å²) in [5.41, 5.74) is 0.993. The van der Waals surface area contributed by atoms with Crippen LogP contribution in [0.25, 0.3) is 0 Å². The number of fused-ring (bicyclic) bond motifs is 1. The Labute approximate surface area is 169 Å². The molecule has 1 aromatic rings. The Balaban J connectivity index is 1.35. The lowest BCUT2D eigenvalue weighted by Gasteiger charge is -2.36. The van der Waals surface area contributed by atoms with Gasteiger partial charge in [0.1, 0.15) is 0 Å². The van der Waals surface area contributed by atoms with Crippen molar-refractivity contribution in [2.75, 3.05) is 33.2 Å². The maximum Gasteiger partial charge on any atom is 0.317 e. The van der Waals surface area contributed by atoms with Crippen molar-refractivity contribution in [3.63, 3.8) is 0 Å². The molecule has 0 atom stereocenters. The highest BCUT2D eigenvalue weighted by atomic mass is 16.2. The zero-order valence-corrected chi connectivity index (χ0v) is 16.6. The van der Waals surface area contributed by atoms with Crippen molar-refractivity contribution in [1.29, 1.82) is 0 Å². The molecule has 1 aliphatic carbocycles. The molecule has 0 spiro atoms. The van der Waals surface area contributed by atoms with Crippen LogP contribution < -0.4 is 5.32 Å². The molecule has 8 nitrogen and oxygen atoms in total. The first kappa shape index (κ1) is 19.4. The van der Waals surface area contributed by atoms with E-state index in [-0.39, 0.29) is 35.4 Å². The smallest absolute Gasteiger partial charge is 0.317 e. The topological polar surface area (TPSA) is 90.0 Å². The number of imide groups is 1. The number of carbonyl (C=O) groups excluding carboxylic acids is 4. The minimum Gasteiger partial charge on any atom is -0.335 e.